The van der Waals surface area contributed by atoms with Crippen LogP contribution in [0.3, 0.4) is 0 Å². The number of halogens is 2. The summed E-state index contributed by atoms with van der Waals surface area (Å²) in [5.74, 6) is 5.21. The quantitative estimate of drug-likeness (QED) is 0.595. The first kappa shape index (κ1) is 14.9. The summed E-state index contributed by atoms with van der Waals surface area (Å²) in [5, 5.41) is 0. The average Bonchev–Trinajstić information content (AvgIpc) is 2.05. The smallest absolute Gasteiger partial charge is 0.0486 e. The van der Waals surface area contributed by atoms with E-state index >= 15 is 0 Å². The summed E-state index contributed by atoms with van der Waals surface area (Å²) in [6, 6.07) is 7.90. The molecule has 1 aromatic rings. The Morgan fingerprint density at radius 2 is 1.54 bits per heavy atom. The molecule has 0 aliphatic carbocycles. The second kappa shape index (κ2) is 6.83. The zero-order chi connectivity index (χ0) is 8.27. The van der Waals surface area contributed by atoms with Crippen molar-refractivity contribution in [2.45, 2.75) is 0 Å². The minimum atomic E-state index is 0. The zero-order valence-electron chi connectivity index (χ0n) is 7.65. The number of rotatable bonds is 2. The normalized spacial score (nSPS) is 7.92. The van der Waals surface area contributed by atoms with Crippen LogP contribution in [0.2, 0.25) is 0 Å². The molecule has 0 bridgehead atoms. The van der Waals surface area contributed by atoms with E-state index in [9.17, 15) is 0 Å². The minimum absolute atomic E-state index is 0. The maximum absolute atomic E-state index is 5.21. The van der Waals surface area contributed by atoms with Gasteiger partial charge in [0, 0.05) is 25.5 Å². The molecule has 5 heteroatoms. The fourth-order valence-electron chi connectivity index (χ4n) is 0.856. The van der Waals surface area contributed by atoms with Gasteiger partial charge >= 0.3 is 0 Å². The molecular formula is C8H15Cl2N3. The summed E-state index contributed by atoms with van der Waals surface area (Å²) in [4.78, 5) is 2.04. The van der Waals surface area contributed by atoms with Gasteiger partial charge in [0.05, 0.1) is 0 Å². The van der Waals surface area contributed by atoms with Crippen molar-refractivity contribution in [1.82, 2.24) is 0 Å². The molecule has 1 rings (SSSR count). The number of hydrogen-bond acceptors (Lipinski definition) is 3. The molecule has 3 nitrogen and oxygen atoms in total. The van der Waals surface area contributed by atoms with Crippen LogP contribution in [0.1, 0.15) is 0 Å². The largest absolute Gasteiger partial charge is 0.378 e. The molecule has 0 unspecified atom stereocenters. The molecular weight excluding hydrogens is 209 g/mol. The number of anilines is 2. The lowest BCUT2D eigenvalue weighted by atomic mass is 10.3. The third-order valence-corrected chi connectivity index (χ3v) is 1.55. The molecule has 0 saturated carbocycles. The van der Waals surface area contributed by atoms with Gasteiger partial charge in [-0.2, -0.15) is 0 Å². The number of nitrogens with one attached hydrogen (secondary N) is 1. The number of nitrogens with two attached hydrogens (primary N) is 1. The first-order chi connectivity index (χ1) is 5.24. The highest BCUT2D eigenvalue weighted by Crippen LogP contribution is 2.14. The first-order valence-electron chi connectivity index (χ1n) is 3.48. The summed E-state index contributed by atoms with van der Waals surface area (Å²) >= 11 is 0. The summed E-state index contributed by atoms with van der Waals surface area (Å²) in [5.41, 5.74) is 4.67. The highest BCUT2D eigenvalue weighted by Gasteiger charge is 1.92. The topological polar surface area (TPSA) is 41.3 Å². The van der Waals surface area contributed by atoms with Crippen LogP contribution in [0.15, 0.2) is 24.3 Å². The molecule has 0 aliphatic rings. The Bertz CT molecular complexity index is 223. The Hall–Kier alpha value is -0.640. The lowest BCUT2D eigenvalue weighted by Gasteiger charge is -2.12. The molecule has 76 valence electrons. The third kappa shape index (κ3) is 4.22. The van der Waals surface area contributed by atoms with E-state index in [0.717, 1.165) is 5.69 Å². The fraction of sp³-hybridized carbons (Fsp3) is 0.250. The van der Waals surface area contributed by atoms with Crippen LogP contribution in [0.5, 0.6) is 0 Å². The summed E-state index contributed by atoms with van der Waals surface area (Å²) in [6.07, 6.45) is 0. The van der Waals surface area contributed by atoms with Gasteiger partial charge in [-0.25, -0.2) is 0 Å². The molecule has 0 amide bonds. The number of nitrogen functional groups attached to an aromatic ring is 1. The van der Waals surface area contributed by atoms with E-state index in [4.69, 9.17) is 5.84 Å². The van der Waals surface area contributed by atoms with E-state index in [2.05, 4.69) is 5.43 Å². The number of benzene rings is 1. The van der Waals surface area contributed by atoms with Gasteiger partial charge in [-0.15, -0.1) is 24.8 Å². The van der Waals surface area contributed by atoms with Gasteiger partial charge < -0.3 is 10.3 Å². The number of hydrogen-bond donors (Lipinski definition) is 2. The van der Waals surface area contributed by atoms with Crippen LogP contribution in [-0.2, 0) is 0 Å². The standard InChI is InChI=1S/C8H13N3.2ClH/c1-11(2)8-5-3-7(10-9)4-6-8;;/h3-6,10H,9H2,1-2H3;2*1H. The number of hydrazine groups is 1. The lowest BCUT2D eigenvalue weighted by molar-refractivity contribution is 1.13. The Labute approximate surface area is 91.1 Å². The van der Waals surface area contributed by atoms with Crippen molar-refractivity contribution in [3.8, 4) is 0 Å². The van der Waals surface area contributed by atoms with Gasteiger partial charge in [0.15, 0.2) is 0 Å². The Balaban J connectivity index is 0. The fourth-order valence-corrected chi connectivity index (χ4v) is 0.856. The molecule has 0 spiro atoms. The van der Waals surface area contributed by atoms with Gasteiger partial charge in [0.2, 0.25) is 0 Å². The molecule has 13 heavy (non-hydrogen) atoms. The van der Waals surface area contributed by atoms with E-state index in [0.29, 0.717) is 0 Å². The van der Waals surface area contributed by atoms with E-state index in [1.807, 2.05) is 43.3 Å². The molecule has 0 aliphatic heterocycles. The van der Waals surface area contributed by atoms with Gasteiger partial charge in [-0.1, -0.05) is 0 Å². The average molecular weight is 224 g/mol. The van der Waals surface area contributed by atoms with Gasteiger partial charge in [-0.05, 0) is 24.3 Å². The number of nitrogens with zero attached hydrogens (tertiary/aromatic N) is 1. The van der Waals surface area contributed by atoms with Crippen molar-refractivity contribution in [3.05, 3.63) is 24.3 Å². The molecule has 1 aromatic carbocycles. The predicted molar refractivity (Wildman–Crippen MR) is 63.1 cm³/mol. The van der Waals surface area contributed by atoms with Crippen LogP contribution in [-0.4, -0.2) is 14.1 Å². The molecule has 0 radical (unpaired) electrons. The molecule has 3 N–H and O–H groups in total. The van der Waals surface area contributed by atoms with Gasteiger partial charge in [0.25, 0.3) is 0 Å². The molecule has 0 fully saturated rings. The van der Waals surface area contributed by atoms with E-state index in [1.54, 1.807) is 0 Å². The second-order valence-electron chi connectivity index (χ2n) is 2.59. The monoisotopic (exact) mass is 223 g/mol. The van der Waals surface area contributed by atoms with Crippen molar-refractivity contribution in [3.63, 3.8) is 0 Å². The van der Waals surface area contributed by atoms with Crippen molar-refractivity contribution >= 4 is 36.2 Å². The summed E-state index contributed by atoms with van der Waals surface area (Å²) in [6.45, 7) is 0. The molecule has 0 saturated heterocycles. The van der Waals surface area contributed by atoms with Crippen LogP contribution >= 0.6 is 24.8 Å². The molecule has 0 atom stereocenters. The summed E-state index contributed by atoms with van der Waals surface area (Å²) < 4.78 is 0. The summed E-state index contributed by atoms with van der Waals surface area (Å²) in [7, 11) is 4.01. The molecule has 0 aromatic heterocycles. The van der Waals surface area contributed by atoms with Gasteiger partial charge in [-0.3, -0.25) is 5.84 Å². The van der Waals surface area contributed by atoms with Crippen molar-refractivity contribution in [2.75, 3.05) is 24.4 Å². The van der Waals surface area contributed by atoms with Crippen molar-refractivity contribution < 1.29 is 0 Å². The SMILES string of the molecule is CN(C)c1ccc(NN)cc1.Cl.Cl. The predicted octanol–water partition coefficient (Wildman–Crippen LogP) is 1.88. The maximum Gasteiger partial charge on any atom is 0.0486 e. The van der Waals surface area contributed by atoms with Crippen LogP contribution in [0, 0.1) is 0 Å². The first-order valence-corrected chi connectivity index (χ1v) is 3.48. The maximum atomic E-state index is 5.21. The van der Waals surface area contributed by atoms with Crippen LogP contribution in [0.25, 0.3) is 0 Å². The second-order valence-corrected chi connectivity index (χ2v) is 2.59. The van der Waals surface area contributed by atoms with E-state index in [-0.39, 0.29) is 24.8 Å². The van der Waals surface area contributed by atoms with E-state index < -0.39 is 0 Å². The Kier molecular flexibility index (Phi) is 7.81. The Morgan fingerprint density at radius 1 is 1.08 bits per heavy atom. The van der Waals surface area contributed by atoms with Crippen LogP contribution < -0.4 is 16.2 Å². The lowest BCUT2D eigenvalue weighted by Crippen LogP contribution is -2.09. The minimum Gasteiger partial charge on any atom is -0.378 e. The highest BCUT2D eigenvalue weighted by molar-refractivity contribution is 5.85. The van der Waals surface area contributed by atoms with Crippen LogP contribution in [0.4, 0.5) is 11.4 Å². The third-order valence-electron chi connectivity index (χ3n) is 1.55. The van der Waals surface area contributed by atoms with Crippen molar-refractivity contribution in [2.24, 2.45) is 5.84 Å². The van der Waals surface area contributed by atoms with E-state index in [1.165, 1.54) is 5.69 Å². The Morgan fingerprint density at radius 3 is 1.85 bits per heavy atom. The highest BCUT2D eigenvalue weighted by atomic mass is 35.5. The zero-order valence-corrected chi connectivity index (χ0v) is 9.28. The molecule has 0 heterocycles. The van der Waals surface area contributed by atoms with Crippen molar-refractivity contribution in [1.29, 1.82) is 0 Å². The van der Waals surface area contributed by atoms with Gasteiger partial charge in [0.1, 0.15) is 0 Å².